The zero-order valence-corrected chi connectivity index (χ0v) is 15.1. The molecule has 0 aliphatic rings. The maximum atomic E-state index is 12.2. The van der Waals surface area contributed by atoms with Crippen molar-refractivity contribution in [3.63, 3.8) is 0 Å². The number of carbonyl (C=O) groups excluding carboxylic acids is 1. The third-order valence-electron chi connectivity index (χ3n) is 3.29. The Bertz CT molecular complexity index is 828. The molecule has 1 unspecified atom stereocenters. The Morgan fingerprint density at radius 2 is 2.19 bits per heavy atom. The van der Waals surface area contributed by atoms with Crippen molar-refractivity contribution in [3.8, 4) is 5.69 Å². The van der Waals surface area contributed by atoms with Crippen LogP contribution in [0.25, 0.3) is 5.69 Å². The predicted octanol–water partition coefficient (Wildman–Crippen LogP) is 1.71. The first-order chi connectivity index (χ1) is 12.1. The Morgan fingerprint density at radius 3 is 2.81 bits per heavy atom. The number of halogens is 4. The van der Waals surface area contributed by atoms with Gasteiger partial charge >= 0.3 is 6.18 Å². The van der Waals surface area contributed by atoms with Crippen molar-refractivity contribution in [1.82, 2.24) is 9.78 Å². The number of nitrogens with zero attached hydrogens (tertiary/aromatic N) is 4. The lowest BCUT2D eigenvalue weighted by molar-refractivity contribution is -0.904. The Morgan fingerprint density at radius 1 is 1.50 bits per heavy atom. The number of hydrogen-bond donors (Lipinski definition) is 1. The first kappa shape index (κ1) is 20.2. The average molecular weight is 412 g/mol. The van der Waals surface area contributed by atoms with Gasteiger partial charge in [0.2, 0.25) is 18.3 Å². The Hall–Kier alpha value is -2.14. The van der Waals surface area contributed by atoms with Gasteiger partial charge in [0.05, 0.1) is 6.20 Å². The first-order valence-corrected chi connectivity index (χ1v) is 9.08. The molecule has 2 aromatic rings. The second-order valence-electron chi connectivity index (χ2n) is 5.30. The van der Waals surface area contributed by atoms with Gasteiger partial charge in [-0.2, -0.15) is 18.3 Å². The fourth-order valence-corrected chi connectivity index (χ4v) is 3.21. The fraction of sp³-hybridized carbons (Fsp3) is 0.357. The van der Waals surface area contributed by atoms with Crippen molar-refractivity contribution >= 4 is 34.0 Å². The second-order valence-corrected chi connectivity index (χ2v) is 7.23. The highest BCUT2D eigenvalue weighted by atomic mass is 35.5. The van der Waals surface area contributed by atoms with E-state index in [1.54, 1.807) is 12.1 Å². The van der Waals surface area contributed by atoms with Crippen LogP contribution in [0.4, 0.5) is 18.9 Å². The molecule has 2 aromatic heterocycles. The van der Waals surface area contributed by atoms with Crippen molar-refractivity contribution in [1.29, 1.82) is 0 Å². The number of amides is 1. The third-order valence-corrected chi connectivity index (χ3v) is 4.87. The molecule has 0 aliphatic heterocycles. The summed E-state index contributed by atoms with van der Waals surface area (Å²) in [5, 5.41) is 13.4. The van der Waals surface area contributed by atoms with E-state index >= 15 is 0 Å². The van der Waals surface area contributed by atoms with E-state index in [9.17, 15) is 27.4 Å². The van der Waals surface area contributed by atoms with E-state index in [2.05, 4.69) is 5.10 Å². The lowest BCUT2D eigenvalue weighted by atomic mass is 10.4. The van der Waals surface area contributed by atoms with Crippen LogP contribution in [-0.2, 0) is 15.6 Å². The van der Waals surface area contributed by atoms with Crippen molar-refractivity contribution in [2.45, 2.75) is 12.6 Å². The van der Waals surface area contributed by atoms with Crippen LogP contribution in [0, 0.1) is 0 Å². The minimum atomic E-state index is -4.54. The van der Waals surface area contributed by atoms with Gasteiger partial charge in [-0.25, -0.2) is 4.68 Å². The Labute approximate surface area is 154 Å². The molecule has 0 bridgehead atoms. The Kier molecular flexibility index (Phi) is 6.24. The van der Waals surface area contributed by atoms with Gasteiger partial charge in [-0.15, -0.1) is 0 Å². The number of hydrogen-bond acceptors (Lipinski definition) is 4. The third kappa shape index (κ3) is 5.43. The zero-order chi connectivity index (χ0) is 19.5. The van der Waals surface area contributed by atoms with Crippen molar-refractivity contribution in [2.24, 2.45) is 0 Å². The number of anilines is 1. The molecule has 0 saturated carbocycles. The highest BCUT2D eigenvalue weighted by Gasteiger charge is 2.30. The summed E-state index contributed by atoms with van der Waals surface area (Å²) in [7, 11) is -0.784. The molecule has 2 heterocycles. The molecule has 1 atom stereocenters. The lowest BCUT2D eigenvalue weighted by Gasteiger charge is -2.15. The maximum absolute atomic E-state index is 12.2. The molecule has 0 fully saturated rings. The summed E-state index contributed by atoms with van der Waals surface area (Å²) in [5.74, 6) is -2.40. The molecule has 0 radical (unpaired) electrons. The van der Waals surface area contributed by atoms with Gasteiger partial charge < -0.3 is 4.90 Å². The van der Waals surface area contributed by atoms with Gasteiger partial charge in [-0.05, 0) is 6.07 Å². The predicted molar refractivity (Wildman–Crippen MR) is 87.9 cm³/mol. The van der Waals surface area contributed by atoms with Gasteiger partial charge in [0.1, 0.15) is 17.1 Å². The summed E-state index contributed by atoms with van der Waals surface area (Å²) < 4.78 is 50.0. The summed E-state index contributed by atoms with van der Waals surface area (Å²) in [4.78, 5) is 13.3. The van der Waals surface area contributed by atoms with Gasteiger partial charge in [-0.1, -0.05) is 11.6 Å². The number of rotatable bonds is 6. The van der Waals surface area contributed by atoms with Crippen LogP contribution >= 0.6 is 11.6 Å². The smallest absolute Gasteiger partial charge is 0.311 e. The summed E-state index contributed by atoms with van der Waals surface area (Å²) in [5.41, 5.74) is 0.696. The first-order valence-electron chi connectivity index (χ1n) is 7.21. The van der Waals surface area contributed by atoms with Crippen LogP contribution in [-0.4, -0.2) is 49.8 Å². The molecule has 0 saturated heterocycles. The van der Waals surface area contributed by atoms with E-state index in [1.807, 2.05) is 0 Å². The summed E-state index contributed by atoms with van der Waals surface area (Å²) in [6.07, 6.45) is -0.685. The van der Waals surface area contributed by atoms with E-state index in [1.165, 1.54) is 30.3 Å². The molecule has 142 valence electrons. The van der Waals surface area contributed by atoms with Gasteiger partial charge in [0, 0.05) is 40.8 Å². The average Bonchev–Trinajstić information content (AvgIpc) is 2.92. The maximum Gasteiger partial charge on any atom is 0.400 e. The van der Waals surface area contributed by atoms with Crippen LogP contribution in [0.2, 0.25) is 5.15 Å². The molecule has 0 spiro atoms. The number of aromatic nitrogens is 3. The van der Waals surface area contributed by atoms with E-state index in [0.29, 0.717) is 5.69 Å². The molecule has 1 amide bonds. The molecule has 12 heteroatoms. The van der Waals surface area contributed by atoms with Crippen LogP contribution in [0.3, 0.4) is 0 Å². The molecule has 2 rings (SSSR count). The summed E-state index contributed by atoms with van der Waals surface area (Å²) >= 11 is 6.02. The molecule has 0 aliphatic carbocycles. The molecule has 1 N–H and O–H groups in total. The molecular formula is C14H15ClF3N4O3S+. The summed E-state index contributed by atoms with van der Waals surface area (Å²) in [6, 6.07) is 3.21. The number of alkyl halides is 3. The van der Waals surface area contributed by atoms with Crippen LogP contribution < -0.4 is 9.63 Å². The van der Waals surface area contributed by atoms with E-state index in [0.717, 1.165) is 9.63 Å². The molecule has 26 heavy (non-hydrogen) atoms. The monoisotopic (exact) mass is 411 g/mol. The van der Waals surface area contributed by atoms with E-state index < -0.39 is 34.4 Å². The molecular weight excluding hydrogens is 397 g/mol. The Balaban J connectivity index is 2.06. The number of pyridine rings is 1. The standard InChI is InChI=1S/C14H15ClF3N4O3S/c1-20(12(23)4-6-26(25)9-14(16,17)18)11-8-22(19-13(11)15)10-3-2-5-21(24)7-10/h2-3,5,7-8,24H,4,6,9H2,1H3/q+1. The highest BCUT2D eigenvalue weighted by molar-refractivity contribution is 7.85. The van der Waals surface area contributed by atoms with Gasteiger partial charge in [0.25, 0.3) is 0 Å². The van der Waals surface area contributed by atoms with E-state index in [4.69, 9.17) is 11.6 Å². The normalized spacial score (nSPS) is 12.8. The quantitative estimate of drug-likeness (QED) is 0.580. The van der Waals surface area contributed by atoms with Crippen molar-refractivity contribution in [3.05, 3.63) is 35.9 Å². The fourth-order valence-electron chi connectivity index (χ4n) is 2.05. The van der Waals surface area contributed by atoms with Crippen LogP contribution in [0.15, 0.2) is 30.7 Å². The van der Waals surface area contributed by atoms with Crippen LogP contribution in [0.1, 0.15) is 6.42 Å². The minimum absolute atomic E-state index is 0.00870. The molecule has 0 aromatic carbocycles. The zero-order valence-electron chi connectivity index (χ0n) is 13.5. The highest BCUT2D eigenvalue weighted by Crippen LogP contribution is 2.25. The molecule has 7 nitrogen and oxygen atoms in total. The lowest BCUT2D eigenvalue weighted by Crippen LogP contribution is -2.29. The minimum Gasteiger partial charge on any atom is -0.311 e. The second kappa shape index (κ2) is 8.04. The van der Waals surface area contributed by atoms with Crippen molar-refractivity contribution < 1.29 is 32.1 Å². The SMILES string of the molecule is CN(C(=O)CCS(=O)CC(F)(F)F)c1cn(-c2ccc[n+](O)c2)nc1Cl. The van der Waals surface area contributed by atoms with Gasteiger partial charge in [-0.3, -0.25) is 14.2 Å². The van der Waals surface area contributed by atoms with Crippen LogP contribution in [0.5, 0.6) is 0 Å². The van der Waals surface area contributed by atoms with Gasteiger partial charge in [0.15, 0.2) is 5.15 Å². The largest absolute Gasteiger partial charge is 0.400 e. The summed E-state index contributed by atoms with van der Waals surface area (Å²) in [6.45, 7) is 0. The topological polar surface area (TPSA) is 79.3 Å². The van der Waals surface area contributed by atoms with Crippen molar-refractivity contribution in [2.75, 3.05) is 23.5 Å². The number of carbonyl (C=O) groups is 1. The van der Waals surface area contributed by atoms with E-state index in [-0.39, 0.29) is 17.3 Å².